The lowest BCUT2D eigenvalue weighted by Crippen LogP contribution is -2.38. The van der Waals surface area contributed by atoms with Crippen LogP contribution in [0.2, 0.25) is 0 Å². The van der Waals surface area contributed by atoms with E-state index in [1.165, 1.54) is 12.8 Å². The van der Waals surface area contributed by atoms with E-state index in [4.69, 9.17) is 4.74 Å². The molecule has 1 unspecified atom stereocenters. The first-order valence-corrected chi connectivity index (χ1v) is 7.42. The van der Waals surface area contributed by atoms with Gasteiger partial charge in [0.15, 0.2) is 0 Å². The predicted octanol–water partition coefficient (Wildman–Crippen LogP) is 2.53. The van der Waals surface area contributed by atoms with Gasteiger partial charge in [0.1, 0.15) is 5.82 Å². The lowest BCUT2D eigenvalue weighted by molar-refractivity contribution is 0.202. The number of hydrogen-bond acceptors (Lipinski definition) is 5. The van der Waals surface area contributed by atoms with Crippen molar-refractivity contribution in [2.75, 3.05) is 37.5 Å². The van der Waals surface area contributed by atoms with Crippen molar-refractivity contribution in [3.8, 4) is 0 Å². The molecular weight excluding hydrogens is 308 g/mol. The van der Waals surface area contributed by atoms with Crippen LogP contribution in [0.1, 0.15) is 19.8 Å². The maximum atomic E-state index is 5.22. The Morgan fingerprint density at radius 3 is 2.89 bits per heavy atom. The maximum absolute atomic E-state index is 5.22. The van der Waals surface area contributed by atoms with Crippen LogP contribution in [0.5, 0.6) is 0 Å². The van der Waals surface area contributed by atoms with Gasteiger partial charge >= 0.3 is 0 Å². The third-order valence-electron chi connectivity index (χ3n) is 3.55. The fourth-order valence-electron chi connectivity index (χ4n) is 2.21. The summed E-state index contributed by atoms with van der Waals surface area (Å²) in [6.45, 7) is 3.80. The molecule has 0 spiro atoms. The van der Waals surface area contributed by atoms with Crippen LogP contribution in [0.4, 0.5) is 11.8 Å². The fourth-order valence-corrected chi connectivity index (χ4v) is 2.62. The summed E-state index contributed by atoms with van der Waals surface area (Å²) in [5.74, 6) is 2.36. The van der Waals surface area contributed by atoms with Crippen LogP contribution in [0.25, 0.3) is 0 Å². The van der Waals surface area contributed by atoms with Crippen LogP contribution in [0.15, 0.2) is 10.7 Å². The van der Waals surface area contributed by atoms with Crippen LogP contribution >= 0.6 is 15.9 Å². The fraction of sp³-hybridized carbons (Fsp3) is 0.692. The van der Waals surface area contributed by atoms with E-state index in [0.29, 0.717) is 18.6 Å². The SMILES string of the molecule is CNc1ncc(Br)c(N(CCOC)C(C)C2CC2)n1. The van der Waals surface area contributed by atoms with Crippen LogP contribution in [-0.2, 0) is 4.74 Å². The number of aromatic nitrogens is 2. The Morgan fingerprint density at radius 2 is 2.32 bits per heavy atom. The van der Waals surface area contributed by atoms with Gasteiger partial charge in [-0.25, -0.2) is 4.98 Å². The topological polar surface area (TPSA) is 50.3 Å². The van der Waals surface area contributed by atoms with Crippen molar-refractivity contribution in [2.45, 2.75) is 25.8 Å². The first kappa shape index (κ1) is 14.5. The van der Waals surface area contributed by atoms with E-state index >= 15 is 0 Å². The number of anilines is 2. The van der Waals surface area contributed by atoms with Crippen LogP contribution in [0, 0.1) is 5.92 Å². The van der Waals surface area contributed by atoms with Crippen molar-refractivity contribution >= 4 is 27.7 Å². The van der Waals surface area contributed by atoms with Crippen molar-refractivity contribution in [3.05, 3.63) is 10.7 Å². The predicted molar refractivity (Wildman–Crippen MR) is 80.7 cm³/mol. The van der Waals surface area contributed by atoms with Crippen LogP contribution in [-0.4, -0.2) is 43.3 Å². The summed E-state index contributed by atoms with van der Waals surface area (Å²) >= 11 is 3.55. The lowest BCUT2D eigenvalue weighted by Gasteiger charge is -2.31. The summed E-state index contributed by atoms with van der Waals surface area (Å²) < 4.78 is 6.15. The van der Waals surface area contributed by atoms with Crippen molar-refractivity contribution in [3.63, 3.8) is 0 Å². The molecule has 1 saturated carbocycles. The van der Waals surface area contributed by atoms with Gasteiger partial charge in [0.25, 0.3) is 0 Å². The highest BCUT2D eigenvalue weighted by Gasteiger charge is 2.33. The number of nitrogens with zero attached hydrogens (tertiary/aromatic N) is 3. The highest BCUT2D eigenvalue weighted by atomic mass is 79.9. The molecular formula is C13H21BrN4O. The molecule has 1 atom stereocenters. The molecule has 6 heteroatoms. The molecule has 19 heavy (non-hydrogen) atoms. The number of nitrogens with one attached hydrogen (secondary N) is 1. The van der Waals surface area contributed by atoms with E-state index in [9.17, 15) is 0 Å². The molecule has 2 rings (SSSR count). The van der Waals surface area contributed by atoms with Gasteiger partial charge in [-0.15, -0.1) is 0 Å². The van der Waals surface area contributed by atoms with E-state index in [1.807, 2.05) is 7.05 Å². The third kappa shape index (κ3) is 3.57. The zero-order chi connectivity index (χ0) is 13.8. The first-order valence-electron chi connectivity index (χ1n) is 6.63. The lowest BCUT2D eigenvalue weighted by atomic mass is 10.2. The summed E-state index contributed by atoms with van der Waals surface area (Å²) in [5.41, 5.74) is 0. The van der Waals surface area contributed by atoms with Gasteiger partial charge in [0.2, 0.25) is 5.95 Å². The Bertz CT molecular complexity index is 425. The normalized spacial score (nSPS) is 16.2. The largest absolute Gasteiger partial charge is 0.383 e. The summed E-state index contributed by atoms with van der Waals surface area (Å²) in [4.78, 5) is 11.1. The summed E-state index contributed by atoms with van der Waals surface area (Å²) in [7, 11) is 3.56. The highest BCUT2D eigenvalue weighted by molar-refractivity contribution is 9.10. The monoisotopic (exact) mass is 328 g/mol. The molecule has 0 aromatic carbocycles. The van der Waals surface area contributed by atoms with E-state index in [-0.39, 0.29) is 0 Å². The minimum atomic E-state index is 0.478. The van der Waals surface area contributed by atoms with E-state index in [1.54, 1.807) is 13.3 Å². The Balaban J connectivity index is 2.24. The summed E-state index contributed by atoms with van der Waals surface area (Å²) in [6, 6.07) is 0.478. The van der Waals surface area contributed by atoms with E-state index in [0.717, 1.165) is 22.8 Å². The minimum absolute atomic E-state index is 0.478. The van der Waals surface area contributed by atoms with Gasteiger partial charge in [-0.2, -0.15) is 4.98 Å². The average Bonchev–Trinajstić information content (AvgIpc) is 3.25. The molecule has 1 fully saturated rings. The zero-order valence-corrected chi connectivity index (χ0v) is 13.3. The van der Waals surface area contributed by atoms with Gasteiger partial charge in [0.05, 0.1) is 11.1 Å². The summed E-state index contributed by atoms with van der Waals surface area (Å²) in [5, 5.41) is 2.99. The third-order valence-corrected chi connectivity index (χ3v) is 4.11. The molecule has 0 saturated heterocycles. The first-order chi connectivity index (χ1) is 9.17. The van der Waals surface area contributed by atoms with E-state index in [2.05, 4.69) is 43.0 Å². The Hall–Kier alpha value is -0.880. The number of methoxy groups -OCH3 is 1. The molecule has 0 amide bonds. The van der Waals surface area contributed by atoms with Crippen LogP contribution in [0.3, 0.4) is 0 Å². The molecule has 1 N–H and O–H groups in total. The molecule has 5 nitrogen and oxygen atoms in total. The highest BCUT2D eigenvalue weighted by Crippen LogP contribution is 2.38. The molecule has 0 aliphatic heterocycles. The number of rotatable bonds is 7. The van der Waals surface area contributed by atoms with Crippen molar-refractivity contribution < 1.29 is 4.74 Å². The van der Waals surface area contributed by atoms with Crippen molar-refractivity contribution in [1.29, 1.82) is 0 Å². The number of halogens is 1. The molecule has 0 bridgehead atoms. The molecule has 1 aromatic rings. The van der Waals surface area contributed by atoms with Gasteiger partial charge in [-0.1, -0.05) is 0 Å². The molecule has 1 heterocycles. The second kappa shape index (κ2) is 6.52. The maximum Gasteiger partial charge on any atom is 0.224 e. The van der Waals surface area contributed by atoms with Crippen molar-refractivity contribution in [2.24, 2.45) is 5.92 Å². The van der Waals surface area contributed by atoms with Crippen molar-refractivity contribution in [1.82, 2.24) is 9.97 Å². The number of hydrogen-bond donors (Lipinski definition) is 1. The average molecular weight is 329 g/mol. The Labute approximate surface area is 122 Å². The molecule has 1 aliphatic rings. The molecule has 0 radical (unpaired) electrons. The Kier molecular flexibility index (Phi) is 4.99. The summed E-state index contributed by atoms with van der Waals surface area (Å²) in [6.07, 6.45) is 4.42. The van der Waals surface area contributed by atoms with Gasteiger partial charge < -0.3 is 15.0 Å². The Morgan fingerprint density at radius 1 is 1.58 bits per heavy atom. The van der Waals surface area contributed by atoms with Gasteiger partial charge in [-0.3, -0.25) is 0 Å². The second-order valence-electron chi connectivity index (χ2n) is 4.88. The molecule has 1 aromatic heterocycles. The second-order valence-corrected chi connectivity index (χ2v) is 5.73. The molecule has 106 valence electrons. The standard InChI is InChI=1S/C13H21BrN4O/c1-9(10-4-5-10)18(6-7-19-3)12-11(14)8-16-13(15-2)17-12/h8-10H,4-7H2,1-3H3,(H,15,16,17). The van der Waals surface area contributed by atoms with E-state index < -0.39 is 0 Å². The quantitative estimate of drug-likeness (QED) is 0.833. The smallest absolute Gasteiger partial charge is 0.224 e. The van der Waals surface area contributed by atoms with Gasteiger partial charge in [-0.05, 0) is 41.6 Å². The van der Waals surface area contributed by atoms with Crippen LogP contribution < -0.4 is 10.2 Å². The van der Waals surface area contributed by atoms with Gasteiger partial charge in [0, 0.05) is 32.9 Å². The number of ether oxygens (including phenoxy) is 1. The molecule has 1 aliphatic carbocycles. The zero-order valence-electron chi connectivity index (χ0n) is 11.7. The minimum Gasteiger partial charge on any atom is -0.383 e.